The second kappa shape index (κ2) is 5.37. The summed E-state index contributed by atoms with van der Waals surface area (Å²) in [4.78, 5) is 14.8. The van der Waals surface area contributed by atoms with Gasteiger partial charge in [0.05, 0.1) is 17.7 Å². The highest BCUT2D eigenvalue weighted by Crippen LogP contribution is 2.17. The normalized spacial score (nSPS) is 17.7. The molecule has 1 saturated heterocycles. The number of piperidine rings is 1. The van der Waals surface area contributed by atoms with Crippen LogP contribution in [0.1, 0.15) is 25.5 Å². The molecule has 0 saturated carbocycles. The molecule has 1 aromatic heterocycles. The Morgan fingerprint density at radius 1 is 1.20 bits per heavy atom. The molecule has 1 fully saturated rings. The maximum Gasteiger partial charge on any atom is 0.275 e. The lowest BCUT2D eigenvalue weighted by Crippen LogP contribution is -2.38. The molecule has 0 spiro atoms. The minimum atomic E-state index is 0.0184. The van der Waals surface area contributed by atoms with Crippen molar-refractivity contribution < 1.29 is 0 Å². The average Bonchev–Trinajstić information content (AvgIpc) is 2.47. The highest BCUT2D eigenvalue weighted by molar-refractivity contribution is 5.83. The number of fused-ring (bicyclic) bond motifs is 1. The zero-order valence-electron chi connectivity index (χ0n) is 12.2. The molecule has 0 radical (unpaired) electrons. The molecule has 2 aromatic rings. The van der Waals surface area contributed by atoms with Gasteiger partial charge >= 0.3 is 0 Å². The van der Waals surface area contributed by atoms with Crippen LogP contribution in [0.25, 0.3) is 10.8 Å². The first kappa shape index (κ1) is 13.3. The minimum Gasteiger partial charge on any atom is -0.284 e. The number of hydrogen-bond acceptors (Lipinski definition) is 3. The van der Waals surface area contributed by atoms with E-state index in [1.165, 1.54) is 12.8 Å². The molecule has 4 nitrogen and oxygen atoms in total. The molecular formula is C16H21N3O. The van der Waals surface area contributed by atoms with E-state index in [1.807, 2.05) is 31.2 Å². The number of aryl methyl sites for hydroxylation is 1. The topological polar surface area (TPSA) is 38.1 Å². The van der Waals surface area contributed by atoms with E-state index in [1.54, 1.807) is 4.68 Å². The van der Waals surface area contributed by atoms with E-state index in [2.05, 4.69) is 16.9 Å². The Morgan fingerprint density at radius 2 is 1.85 bits per heavy atom. The van der Waals surface area contributed by atoms with E-state index in [-0.39, 0.29) is 5.56 Å². The van der Waals surface area contributed by atoms with Crippen LogP contribution in [0.15, 0.2) is 29.1 Å². The summed E-state index contributed by atoms with van der Waals surface area (Å²) in [6, 6.07) is 7.72. The van der Waals surface area contributed by atoms with E-state index < -0.39 is 0 Å². The average molecular weight is 271 g/mol. The van der Waals surface area contributed by atoms with Crippen molar-refractivity contribution in [2.75, 3.05) is 13.1 Å². The number of nitrogens with zero attached hydrogens (tertiary/aromatic N) is 3. The van der Waals surface area contributed by atoms with Crippen molar-refractivity contribution in [1.29, 1.82) is 0 Å². The van der Waals surface area contributed by atoms with Crippen LogP contribution in [0.3, 0.4) is 0 Å². The molecular weight excluding hydrogens is 250 g/mol. The zero-order chi connectivity index (χ0) is 14.1. The van der Waals surface area contributed by atoms with Gasteiger partial charge in [0, 0.05) is 18.5 Å². The maximum atomic E-state index is 12.5. The van der Waals surface area contributed by atoms with Crippen molar-refractivity contribution in [2.24, 2.45) is 5.92 Å². The second-order valence-corrected chi connectivity index (χ2v) is 5.88. The van der Waals surface area contributed by atoms with Crippen LogP contribution < -0.4 is 5.56 Å². The van der Waals surface area contributed by atoms with Gasteiger partial charge in [0.1, 0.15) is 0 Å². The summed E-state index contributed by atoms with van der Waals surface area (Å²) in [6.07, 6.45) is 2.42. The molecule has 1 aliphatic rings. The molecule has 3 rings (SSSR count). The summed E-state index contributed by atoms with van der Waals surface area (Å²) in [7, 11) is 0. The standard InChI is InChI=1S/C16H21N3O/c1-12-7-9-18(10-8-12)11-19-16(20)15-6-4-3-5-14(15)13(2)17-19/h3-6,12H,7-11H2,1-2H3. The SMILES string of the molecule is Cc1nn(CN2CCC(C)CC2)c(=O)c2ccccc12. The Kier molecular flexibility index (Phi) is 3.57. The summed E-state index contributed by atoms with van der Waals surface area (Å²) < 4.78 is 1.62. The molecule has 0 N–H and O–H groups in total. The maximum absolute atomic E-state index is 12.5. The third kappa shape index (κ3) is 2.48. The number of benzene rings is 1. The fourth-order valence-corrected chi connectivity index (χ4v) is 2.89. The van der Waals surface area contributed by atoms with Gasteiger partial charge in [-0.25, -0.2) is 4.68 Å². The first-order valence-electron chi connectivity index (χ1n) is 7.34. The molecule has 0 amide bonds. The van der Waals surface area contributed by atoms with Crippen molar-refractivity contribution in [3.05, 3.63) is 40.3 Å². The first-order chi connectivity index (χ1) is 9.65. The summed E-state index contributed by atoms with van der Waals surface area (Å²) in [6.45, 7) is 6.98. The third-order valence-electron chi connectivity index (χ3n) is 4.26. The fourth-order valence-electron chi connectivity index (χ4n) is 2.89. The van der Waals surface area contributed by atoms with Crippen molar-refractivity contribution >= 4 is 10.8 Å². The molecule has 0 bridgehead atoms. The highest BCUT2D eigenvalue weighted by Gasteiger charge is 2.17. The summed E-state index contributed by atoms with van der Waals surface area (Å²) in [5.41, 5.74) is 0.940. The fraction of sp³-hybridized carbons (Fsp3) is 0.500. The van der Waals surface area contributed by atoms with Crippen molar-refractivity contribution in [3.8, 4) is 0 Å². The van der Waals surface area contributed by atoms with E-state index in [4.69, 9.17) is 0 Å². The molecule has 106 valence electrons. The summed E-state index contributed by atoms with van der Waals surface area (Å²) in [5.74, 6) is 0.800. The van der Waals surface area contributed by atoms with E-state index in [0.29, 0.717) is 6.67 Å². The van der Waals surface area contributed by atoms with Crippen LogP contribution >= 0.6 is 0 Å². The van der Waals surface area contributed by atoms with Crippen molar-refractivity contribution in [3.63, 3.8) is 0 Å². The number of hydrogen-bond donors (Lipinski definition) is 0. The molecule has 20 heavy (non-hydrogen) atoms. The Balaban J connectivity index is 1.92. The molecule has 1 aromatic carbocycles. The Hall–Kier alpha value is -1.68. The number of rotatable bonds is 2. The lowest BCUT2D eigenvalue weighted by molar-refractivity contribution is 0.144. The van der Waals surface area contributed by atoms with Gasteiger partial charge in [-0.2, -0.15) is 5.10 Å². The number of likely N-dealkylation sites (tertiary alicyclic amines) is 1. The van der Waals surface area contributed by atoms with Gasteiger partial charge < -0.3 is 0 Å². The van der Waals surface area contributed by atoms with E-state index >= 15 is 0 Å². The van der Waals surface area contributed by atoms with Crippen molar-refractivity contribution in [2.45, 2.75) is 33.4 Å². The van der Waals surface area contributed by atoms with Crippen LogP contribution in [0.5, 0.6) is 0 Å². The van der Waals surface area contributed by atoms with Crippen LogP contribution in [-0.4, -0.2) is 27.8 Å². The molecule has 0 unspecified atom stereocenters. The lowest BCUT2D eigenvalue weighted by Gasteiger charge is -2.30. The van der Waals surface area contributed by atoms with Crippen LogP contribution in [0.2, 0.25) is 0 Å². The molecule has 2 heterocycles. The van der Waals surface area contributed by atoms with Crippen LogP contribution in [-0.2, 0) is 6.67 Å². The van der Waals surface area contributed by atoms with Gasteiger partial charge in [-0.1, -0.05) is 25.1 Å². The van der Waals surface area contributed by atoms with Crippen LogP contribution in [0.4, 0.5) is 0 Å². The predicted octanol–water partition coefficient (Wildman–Crippen LogP) is 2.39. The zero-order valence-corrected chi connectivity index (χ0v) is 12.2. The van der Waals surface area contributed by atoms with E-state index in [9.17, 15) is 4.79 Å². The summed E-state index contributed by atoms with van der Waals surface area (Å²) >= 11 is 0. The van der Waals surface area contributed by atoms with Gasteiger partial charge in [-0.05, 0) is 31.7 Å². The Bertz CT molecular complexity index is 669. The quantitative estimate of drug-likeness (QED) is 0.842. The molecule has 4 heteroatoms. The molecule has 0 atom stereocenters. The summed E-state index contributed by atoms with van der Waals surface area (Å²) in [5, 5.41) is 6.20. The number of aromatic nitrogens is 2. The molecule has 1 aliphatic heterocycles. The lowest BCUT2D eigenvalue weighted by atomic mass is 10.00. The minimum absolute atomic E-state index is 0.0184. The third-order valence-corrected chi connectivity index (χ3v) is 4.26. The Labute approximate surface area is 119 Å². The van der Waals surface area contributed by atoms with Gasteiger partial charge in [0.2, 0.25) is 0 Å². The van der Waals surface area contributed by atoms with Gasteiger partial charge in [0.15, 0.2) is 0 Å². The largest absolute Gasteiger partial charge is 0.284 e. The van der Waals surface area contributed by atoms with Gasteiger partial charge in [-0.3, -0.25) is 9.69 Å². The Morgan fingerprint density at radius 3 is 2.55 bits per heavy atom. The second-order valence-electron chi connectivity index (χ2n) is 5.88. The van der Waals surface area contributed by atoms with Crippen molar-refractivity contribution in [1.82, 2.24) is 14.7 Å². The van der Waals surface area contributed by atoms with Gasteiger partial charge in [-0.15, -0.1) is 0 Å². The smallest absolute Gasteiger partial charge is 0.275 e. The predicted molar refractivity (Wildman–Crippen MR) is 80.7 cm³/mol. The van der Waals surface area contributed by atoms with E-state index in [0.717, 1.165) is 35.5 Å². The first-order valence-corrected chi connectivity index (χ1v) is 7.34. The molecule has 0 aliphatic carbocycles. The van der Waals surface area contributed by atoms with Crippen LogP contribution in [0, 0.1) is 12.8 Å². The highest BCUT2D eigenvalue weighted by atomic mass is 16.1. The van der Waals surface area contributed by atoms with Gasteiger partial charge in [0.25, 0.3) is 5.56 Å². The monoisotopic (exact) mass is 271 g/mol.